The Balaban J connectivity index is 2.93. The molecule has 1 unspecified atom stereocenters. The van der Waals surface area contributed by atoms with Gasteiger partial charge in [0, 0.05) is 12.1 Å². The van der Waals surface area contributed by atoms with Crippen LogP contribution in [0.5, 0.6) is 0 Å². The van der Waals surface area contributed by atoms with Crippen molar-refractivity contribution in [3.8, 4) is 11.1 Å². The topological polar surface area (TPSA) is 69.1 Å². The molecule has 1 amide bonds. The first-order valence-electron chi connectivity index (χ1n) is 6.88. The molecule has 1 atom stereocenters. The Hall–Kier alpha value is -2.27. The summed E-state index contributed by atoms with van der Waals surface area (Å²) in [4.78, 5) is 11.9. The van der Waals surface area contributed by atoms with Gasteiger partial charge in [-0.25, -0.2) is 8.78 Å². The van der Waals surface area contributed by atoms with E-state index in [1.807, 2.05) is 13.0 Å². The maximum atomic E-state index is 13.6. The van der Waals surface area contributed by atoms with Crippen molar-refractivity contribution in [1.29, 1.82) is 0 Å². The highest BCUT2D eigenvalue weighted by Crippen LogP contribution is 2.35. The van der Waals surface area contributed by atoms with Crippen molar-refractivity contribution in [3.63, 3.8) is 0 Å². The summed E-state index contributed by atoms with van der Waals surface area (Å²) in [6.07, 6.45) is 0. The van der Waals surface area contributed by atoms with E-state index in [9.17, 15) is 13.6 Å². The number of halogens is 2. The fourth-order valence-electron chi connectivity index (χ4n) is 2.62. The fourth-order valence-corrected chi connectivity index (χ4v) is 2.62. The van der Waals surface area contributed by atoms with Crippen LogP contribution in [0, 0.1) is 25.5 Å². The zero-order valence-electron chi connectivity index (χ0n) is 12.7. The summed E-state index contributed by atoms with van der Waals surface area (Å²) in [5.74, 6) is -2.10. The summed E-state index contributed by atoms with van der Waals surface area (Å²) < 4.78 is 27.1. The Labute approximate surface area is 127 Å². The molecule has 0 radical (unpaired) electrons. The van der Waals surface area contributed by atoms with Crippen LogP contribution in [-0.2, 0) is 0 Å². The number of primary amides is 1. The van der Waals surface area contributed by atoms with E-state index in [1.165, 1.54) is 12.1 Å². The second-order valence-electron chi connectivity index (χ2n) is 5.47. The van der Waals surface area contributed by atoms with Gasteiger partial charge in [-0.3, -0.25) is 4.79 Å². The maximum Gasteiger partial charge on any atom is 0.249 e. The largest absolute Gasteiger partial charge is 0.366 e. The van der Waals surface area contributed by atoms with Crippen LogP contribution in [0.15, 0.2) is 24.3 Å². The summed E-state index contributed by atoms with van der Waals surface area (Å²) in [5.41, 5.74) is 14.5. The van der Waals surface area contributed by atoms with Crippen LogP contribution in [0.4, 0.5) is 8.78 Å². The minimum Gasteiger partial charge on any atom is -0.366 e. The van der Waals surface area contributed by atoms with E-state index in [4.69, 9.17) is 11.5 Å². The van der Waals surface area contributed by atoms with Crippen molar-refractivity contribution >= 4 is 5.91 Å². The standard InChI is InChI=1S/C17H18F2N2O/c1-8-4-14(10(3)20)16(15(9(8)2)17(21)22)11-5-12(18)7-13(19)6-11/h4-7,10H,20H2,1-3H3,(H2,21,22). The van der Waals surface area contributed by atoms with E-state index in [2.05, 4.69) is 0 Å². The highest BCUT2D eigenvalue weighted by Gasteiger charge is 2.21. The molecule has 4 N–H and O–H groups in total. The summed E-state index contributed by atoms with van der Waals surface area (Å²) in [6, 6.07) is 4.53. The van der Waals surface area contributed by atoms with Crippen LogP contribution in [0.3, 0.4) is 0 Å². The van der Waals surface area contributed by atoms with Crippen molar-refractivity contribution in [3.05, 3.63) is 58.2 Å². The molecule has 22 heavy (non-hydrogen) atoms. The smallest absolute Gasteiger partial charge is 0.249 e. The number of hydrogen-bond donors (Lipinski definition) is 2. The quantitative estimate of drug-likeness (QED) is 0.912. The lowest BCUT2D eigenvalue weighted by molar-refractivity contribution is 0.1000. The molecule has 0 aliphatic heterocycles. The molecule has 5 heteroatoms. The van der Waals surface area contributed by atoms with Gasteiger partial charge in [0.05, 0.1) is 5.56 Å². The average molecular weight is 304 g/mol. The van der Waals surface area contributed by atoms with E-state index in [1.54, 1.807) is 13.8 Å². The Morgan fingerprint density at radius 1 is 1.09 bits per heavy atom. The number of benzene rings is 2. The van der Waals surface area contributed by atoms with E-state index in [0.717, 1.165) is 11.6 Å². The number of nitrogens with two attached hydrogens (primary N) is 2. The third kappa shape index (κ3) is 2.85. The number of aryl methyl sites for hydroxylation is 1. The van der Waals surface area contributed by atoms with Crippen LogP contribution in [0.25, 0.3) is 11.1 Å². The lowest BCUT2D eigenvalue weighted by atomic mass is 9.86. The van der Waals surface area contributed by atoms with E-state index >= 15 is 0 Å². The fraction of sp³-hybridized carbons (Fsp3) is 0.235. The van der Waals surface area contributed by atoms with Gasteiger partial charge in [0.25, 0.3) is 0 Å². The zero-order valence-corrected chi connectivity index (χ0v) is 12.7. The minimum absolute atomic E-state index is 0.248. The third-order valence-electron chi connectivity index (χ3n) is 3.77. The SMILES string of the molecule is Cc1cc(C(C)N)c(-c2cc(F)cc(F)c2)c(C(N)=O)c1C. The first kappa shape index (κ1) is 16.1. The second-order valence-corrected chi connectivity index (χ2v) is 5.47. The van der Waals surface area contributed by atoms with Gasteiger partial charge in [0.15, 0.2) is 0 Å². The van der Waals surface area contributed by atoms with Gasteiger partial charge < -0.3 is 11.5 Å². The molecule has 0 saturated carbocycles. The molecule has 2 aromatic rings. The lowest BCUT2D eigenvalue weighted by Gasteiger charge is -2.20. The van der Waals surface area contributed by atoms with Gasteiger partial charge in [-0.1, -0.05) is 6.07 Å². The van der Waals surface area contributed by atoms with Gasteiger partial charge in [-0.05, 0) is 60.7 Å². The highest BCUT2D eigenvalue weighted by atomic mass is 19.1. The first-order chi connectivity index (χ1) is 10.2. The minimum atomic E-state index is -0.723. The summed E-state index contributed by atoms with van der Waals surface area (Å²) >= 11 is 0. The molecule has 116 valence electrons. The third-order valence-corrected chi connectivity index (χ3v) is 3.77. The van der Waals surface area contributed by atoms with Crippen LogP contribution < -0.4 is 11.5 Å². The monoisotopic (exact) mass is 304 g/mol. The van der Waals surface area contributed by atoms with Gasteiger partial charge >= 0.3 is 0 Å². The molecule has 0 aliphatic rings. The highest BCUT2D eigenvalue weighted by molar-refractivity contribution is 6.02. The van der Waals surface area contributed by atoms with Crippen LogP contribution in [0.1, 0.15) is 40.0 Å². The second kappa shape index (κ2) is 5.85. The van der Waals surface area contributed by atoms with Gasteiger partial charge in [-0.15, -0.1) is 0 Å². The van der Waals surface area contributed by atoms with E-state index in [0.29, 0.717) is 16.7 Å². The molecule has 0 bridgehead atoms. The first-order valence-corrected chi connectivity index (χ1v) is 6.88. The molecule has 0 saturated heterocycles. The van der Waals surface area contributed by atoms with Gasteiger partial charge in [0.1, 0.15) is 11.6 Å². The predicted molar refractivity (Wildman–Crippen MR) is 82.4 cm³/mol. The molecule has 0 aliphatic carbocycles. The van der Waals surface area contributed by atoms with E-state index in [-0.39, 0.29) is 11.1 Å². The Bertz CT molecular complexity index is 735. The van der Waals surface area contributed by atoms with Crippen LogP contribution in [-0.4, -0.2) is 5.91 Å². The Morgan fingerprint density at radius 3 is 2.09 bits per heavy atom. The van der Waals surface area contributed by atoms with Crippen molar-refractivity contribution in [2.75, 3.05) is 0 Å². The molecular weight excluding hydrogens is 286 g/mol. The maximum absolute atomic E-state index is 13.6. The van der Waals surface area contributed by atoms with Crippen molar-refractivity contribution in [2.45, 2.75) is 26.8 Å². The molecule has 0 aromatic heterocycles. The molecule has 3 nitrogen and oxygen atoms in total. The van der Waals surface area contributed by atoms with Crippen molar-refractivity contribution in [1.82, 2.24) is 0 Å². The lowest BCUT2D eigenvalue weighted by Crippen LogP contribution is -2.18. The normalized spacial score (nSPS) is 12.3. The molecule has 0 heterocycles. The van der Waals surface area contributed by atoms with Crippen LogP contribution >= 0.6 is 0 Å². The molecule has 2 aromatic carbocycles. The Kier molecular flexibility index (Phi) is 4.28. The number of rotatable bonds is 3. The molecular formula is C17H18F2N2O. The Morgan fingerprint density at radius 2 is 1.64 bits per heavy atom. The molecule has 0 fully saturated rings. The summed E-state index contributed by atoms with van der Waals surface area (Å²) in [6.45, 7) is 5.33. The van der Waals surface area contributed by atoms with E-state index < -0.39 is 23.6 Å². The van der Waals surface area contributed by atoms with Crippen LogP contribution in [0.2, 0.25) is 0 Å². The molecule has 0 spiro atoms. The number of amides is 1. The number of hydrogen-bond acceptors (Lipinski definition) is 2. The number of carbonyl (C=O) groups excluding carboxylic acids is 1. The van der Waals surface area contributed by atoms with Gasteiger partial charge in [-0.2, -0.15) is 0 Å². The zero-order chi connectivity index (χ0) is 16.6. The predicted octanol–water partition coefficient (Wildman–Crippen LogP) is 3.37. The summed E-state index contributed by atoms with van der Waals surface area (Å²) in [5, 5.41) is 0. The van der Waals surface area contributed by atoms with Gasteiger partial charge in [0.2, 0.25) is 5.91 Å². The van der Waals surface area contributed by atoms with Crippen molar-refractivity contribution in [2.24, 2.45) is 11.5 Å². The number of carbonyl (C=O) groups is 1. The average Bonchev–Trinajstić information content (AvgIpc) is 2.39. The summed E-state index contributed by atoms with van der Waals surface area (Å²) in [7, 11) is 0. The van der Waals surface area contributed by atoms with Crippen molar-refractivity contribution < 1.29 is 13.6 Å². The molecule has 2 rings (SSSR count).